The van der Waals surface area contributed by atoms with Gasteiger partial charge < -0.3 is 30.9 Å². The quantitative estimate of drug-likeness (QED) is 0.268. The summed E-state index contributed by atoms with van der Waals surface area (Å²) in [6.07, 6.45) is -0.324. The zero-order chi connectivity index (χ0) is 14.0. The summed E-state index contributed by atoms with van der Waals surface area (Å²) in [6, 6.07) is 0. The number of aliphatic hydroxyl groups is 1. The third-order valence-electron chi connectivity index (χ3n) is 1.95. The first-order chi connectivity index (χ1) is 8.47. The summed E-state index contributed by atoms with van der Waals surface area (Å²) in [6.45, 7) is 4.72. The van der Waals surface area contributed by atoms with Gasteiger partial charge in [-0.25, -0.2) is 0 Å². The monoisotopic (exact) mass is 288 g/mol. The predicted molar refractivity (Wildman–Crippen MR) is 75.2 cm³/mol. The van der Waals surface area contributed by atoms with E-state index in [1.54, 1.807) is 18.9 Å². The average molecular weight is 288 g/mol. The fourth-order valence-corrected chi connectivity index (χ4v) is 1.21. The van der Waals surface area contributed by atoms with Gasteiger partial charge in [0.25, 0.3) is 0 Å². The number of hydrogen-bond acceptors (Lipinski definition) is 4. The van der Waals surface area contributed by atoms with E-state index in [0.29, 0.717) is 32.9 Å². The molecule has 1 unspecified atom stereocenters. The summed E-state index contributed by atoms with van der Waals surface area (Å²) in [5, 5.41) is 15.9. The Bertz CT molecular complexity index is 266. The molecule has 9 heteroatoms. The van der Waals surface area contributed by atoms with Gasteiger partial charge in [-0.05, 0) is 6.92 Å². The molecule has 106 valence electrons. The summed E-state index contributed by atoms with van der Waals surface area (Å²) in [5.74, 6) is 0.0322. The normalized spacial score (nSPS) is 15.4. The molecule has 0 spiro atoms. The van der Waals surface area contributed by atoms with Crippen LogP contribution in [0.15, 0.2) is 4.99 Å². The molecule has 0 bridgehead atoms. The van der Waals surface area contributed by atoms with Gasteiger partial charge in [0.2, 0.25) is 5.96 Å². The van der Waals surface area contributed by atoms with E-state index in [1.165, 1.54) is 0 Å². The first-order valence-electron chi connectivity index (χ1n) is 5.65. The maximum atomic E-state index is 8.43. The Balaban J connectivity index is 0. The van der Waals surface area contributed by atoms with Crippen LogP contribution < -0.4 is 11.5 Å². The average Bonchev–Trinajstić information content (AvgIpc) is 2.30. The van der Waals surface area contributed by atoms with Crippen molar-refractivity contribution < 1.29 is 14.6 Å². The van der Waals surface area contributed by atoms with Crippen molar-refractivity contribution >= 4 is 29.3 Å². The van der Waals surface area contributed by atoms with Crippen LogP contribution in [0.1, 0.15) is 6.92 Å². The first-order valence-corrected chi connectivity index (χ1v) is 5.65. The van der Waals surface area contributed by atoms with Crippen molar-refractivity contribution in [3.8, 4) is 0 Å². The van der Waals surface area contributed by atoms with Crippen LogP contribution in [0.3, 0.4) is 0 Å². The van der Waals surface area contributed by atoms with Gasteiger partial charge in [-0.2, -0.15) is 4.99 Å². The summed E-state index contributed by atoms with van der Waals surface area (Å²) in [4.78, 5) is 5.39. The second-order valence-corrected chi connectivity index (χ2v) is 3.76. The third kappa shape index (κ3) is 12.0. The molecule has 0 amide bonds. The zero-order valence-electron chi connectivity index (χ0n) is 11.5. The minimum atomic E-state index is -0.324. The van der Waals surface area contributed by atoms with E-state index in [1.807, 2.05) is 0 Å². The predicted octanol–water partition coefficient (Wildman–Crippen LogP) is -1.84. The SMILES string of the molecule is COCC(C)O.N=C(N=C(N)N)N1CCOCC1.[Al+3]. The van der Waals surface area contributed by atoms with Gasteiger partial charge >= 0.3 is 17.4 Å². The Morgan fingerprint density at radius 2 is 2.00 bits per heavy atom. The molecule has 1 rings (SSSR count). The molecule has 1 heterocycles. The van der Waals surface area contributed by atoms with Gasteiger partial charge in [0, 0.05) is 20.2 Å². The van der Waals surface area contributed by atoms with E-state index in [4.69, 9.17) is 26.7 Å². The number of methoxy groups -OCH3 is 1. The van der Waals surface area contributed by atoms with Gasteiger partial charge in [0.15, 0.2) is 5.96 Å². The van der Waals surface area contributed by atoms with Crippen LogP contribution in [0.5, 0.6) is 0 Å². The van der Waals surface area contributed by atoms with Crippen molar-refractivity contribution in [1.29, 1.82) is 5.41 Å². The number of rotatable bonds is 2. The molecule has 1 aliphatic rings. The minimum Gasteiger partial charge on any atom is -0.391 e. The van der Waals surface area contributed by atoms with E-state index < -0.39 is 0 Å². The van der Waals surface area contributed by atoms with Gasteiger partial charge in [0.1, 0.15) is 0 Å². The number of aliphatic imine (C=N–C) groups is 1. The smallest absolute Gasteiger partial charge is 0.391 e. The molecule has 1 saturated heterocycles. The molecule has 1 atom stereocenters. The first kappa shape index (κ1) is 20.5. The van der Waals surface area contributed by atoms with Crippen molar-refractivity contribution in [2.24, 2.45) is 16.5 Å². The van der Waals surface area contributed by atoms with Gasteiger partial charge in [-0.15, -0.1) is 0 Å². The third-order valence-corrected chi connectivity index (χ3v) is 1.95. The molecule has 0 radical (unpaired) electrons. The molecule has 0 aromatic heterocycles. The molecule has 0 aromatic carbocycles. The van der Waals surface area contributed by atoms with Crippen LogP contribution in [-0.2, 0) is 9.47 Å². The molecular formula is C10H23AlN5O3+3. The molecular weight excluding hydrogens is 265 g/mol. The second-order valence-electron chi connectivity index (χ2n) is 3.76. The molecule has 8 nitrogen and oxygen atoms in total. The molecule has 1 fully saturated rings. The number of guanidine groups is 2. The fraction of sp³-hybridized carbons (Fsp3) is 0.800. The van der Waals surface area contributed by atoms with Crippen LogP contribution in [0.4, 0.5) is 0 Å². The number of hydrogen-bond donors (Lipinski definition) is 4. The second kappa shape index (κ2) is 12.2. The molecule has 0 saturated carbocycles. The standard InChI is InChI=1S/C6H13N5O.C4H10O2.Al/c7-5(8)10-6(9)11-1-3-12-4-2-11;1-4(5)3-6-2;/h1-4H2,(H5,7,8,9,10);4-5H,3H2,1-2H3;/q;;+3. The molecule has 0 aliphatic carbocycles. The Morgan fingerprint density at radius 1 is 1.47 bits per heavy atom. The Hall–Kier alpha value is -0.848. The van der Waals surface area contributed by atoms with Crippen LogP contribution in [0.2, 0.25) is 0 Å². The number of nitrogens with one attached hydrogen (secondary N) is 1. The number of nitrogens with two attached hydrogens (primary N) is 2. The van der Waals surface area contributed by atoms with Crippen LogP contribution >= 0.6 is 0 Å². The summed E-state index contributed by atoms with van der Waals surface area (Å²) in [5.41, 5.74) is 10.3. The van der Waals surface area contributed by atoms with Gasteiger partial charge in [-0.1, -0.05) is 0 Å². The maximum absolute atomic E-state index is 8.43. The van der Waals surface area contributed by atoms with Crippen molar-refractivity contribution in [2.45, 2.75) is 13.0 Å². The Morgan fingerprint density at radius 3 is 2.32 bits per heavy atom. The Labute approximate surface area is 124 Å². The van der Waals surface area contributed by atoms with E-state index in [-0.39, 0.29) is 35.4 Å². The van der Waals surface area contributed by atoms with Gasteiger partial charge in [0.05, 0.1) is 25.9 Å². The van der Waals surface area contributed by atoms with Gasteiger partial charge in [-0.3, -0.25) is 5.41 Å². The van der Waals surface area contributed by atoms with E-state index in [9.17, 15) is 0 Å². The van der Waals surface area contributed by atoms with Crippen LogP contribution in [0.25, 0.3) is 0 Å². The van der Waals surface area contributed by atoms with Crippen LogP contribution in [0, 0.1) is 5.41 Å². The Kier molecular flexibility index (Phi) is 13.1. The number of ether oxygens (including phenoxy) is 2. The largest absolute Gasteiger partial charge is 3.00 e. The van der Waals surface area contributed by atoms with Crippen molar-refractivity contribution in [3.05, 3.63) is 0 Å². The topological polar surface area (TPSA) is 130 Å². The molecule has 19 heavy (non-hydrogen) atoms. The summed E-state index contributed by atoms with van der Waals surface area (Å²) >= 11 is 0. The number of nitrogens with zero attached hydrogens (tertiary/aromatic N) is 2. The summed E-state index contributed by atoms with van der Waals surface area (Å²) in [7, 11) is 1.56. The molecule has 0 aromatic rings. The van der Waals surface area contributed by atoms with E-state index in [0.717, 1.165) is 0 Å². The number of morpholine rings is 1. The van der Waals surface area contributed by atoms with Crippen LogP contribution in [-0.4, -0.2) is 85.4 Å². The van der Waals surface area contributed by atoms with E-state index >= 15 is 0 Å². The molecule has 1 aliphatic heterocycles. The van der Waals surface area contributed by atoms with Crippen molar-refractivity contribution in [3.63, 3.8) is 0 Å². The minimum absolute atomic E-state index is 0. The maximum Gasteiger partial charge on any atom is 3.00 e. The van der Waals surface area contributed by atoms with Crippen molar-refractivity contribution in [2.75, 3.05) is 40.0 Å². The number of aliphatic hydroxyl groups excluding tert-OH is 1. The van der Waals surface area contributed by atoms with E-state index in [2.05, 4.69) is 9.73 Å². The molecule has 6 N–H and O–H groups in total. The van der Waals surface area contributed by atoms with Crippen molar-refractivity contribution in [1.82, 2.24) is 4.90 Å². The summed E-state index contributed by atoms with van der Waals surface area (Å²) < 4.78 is 9.66. The fourth-order valence-electron chi connectivity index (χ4n) is 1.21. The zero-order valence-corrected chi connectivity index (χ0v) is 12.7.